The normalized spacial score (nSPS) is 19.1. The zero-order valence-corrected chi connectivity index (χ0v) is 11.8. The van der Waals surface area contributed by atoms with Crippen molar-refractivity contribution in [2.45, 2.75) is 45.1 Å². The quantitative estimate of drug-likeness (QED) is 0.661. The van der Waals surface area contributed by atoms with Crippen LogP contribution in [0, 0.1) is 0 Å². The highest BCUT2D eigenvalue weighted by molar-refractivity contribution is 7.98. The molecule has 1 heterocycles. The summed E-state index contributed by atoms with van der Waals surface area (Å²) in [6.45, 7) is 7.27. The van der Waals surface area contributed by atoms with E-state index in [0.29, 0.717) is 0 Å². The Balaban J connectivity index is 1.95. The molecule has 1 saturated heterocycles. The second-order valence-electron chi connectivity index (χ2n) is 4.73. The molecule has 96 valence electrons. The fraction of sp³-hybridized carbons (Fsp3) is 1.00. The van der Waals surface area contributed by atoms with Crippen LogP contribution in [-0.4, -0.2) is 49.1 Å². The molecule has 0 amide bonds. The molecule has 16 heavy (non-hydrogen) atoms. The summed E-state index contributed by atoms with van der Waals surface area (Å²) in [6, 6.07) is 0.790. The van der Waals surface area contributed by atoms with Crippen LogP contribution >= 0.6 is 11.8 Å². The number of unbranched alkanes of at least 4 members (excludes halogenated alkanes) is 2. The average Bonchev–Trinajstić information content (AvgIpc) is 2.31. The van der Waals surface area contributed by atoms with Gasteiger partial charge in [0.25, 0.3) is 0 Å². The van der Waals surface area contributed by atoms with Crippen LogP contribution in [0.1, 0.15) is 39.0 Å². The van der Waals surface area contributed by atoms with Crippen molar-refractivity contribution in [3.05, 3.63) is 0 Å². The Morgan fingerprint density at radius 3 is 2.56 bits per heavy atom. The highest BCUT2D eigenvalue weighted by atomic mass is 32.2. The Bertz CT molecular complexity index is 156. The average molecular weight is 244 g/mol. The third-order valence-electron chi connectivity index (χ3n) is 3.40. The van der Waals surface area contributed by atoms with E-state index in [1.54, 1.807) is 0 Å². The molecular weight excluding hydrogens is 216 g/mol. The van der Waals surface area contributed by atoms with Gasteiger partial charge >= 0.3 is 0 Å². The van der Waals surface area contributed by atoms with E-state index in [1.165, 1.54) is 57.5 Å². The zero-order chi connectivity index (χ0) is 11.6. The van der Waals surface area contributed by atoms with Gasteiger partial charge in [-0.1, -0.05) is 13.3 Å². The van der Waals surface area contributed by atoms with Crippen molar-refractivity contribution in [1.82, 2.24) is 10.2 Å². The van der Waals surface area contributed by atoms with Crippen LogP contribution in [0.15, 0.2) is 0 Å². The number of rotatable bonds is 8. The van der Waals surface area contributed by atoms with Crippen LogP contribution in [0.2, 0.25) is 0 Å². The van der Waals surface area contributed by atoms with E-state index >= 15 is 0 Å². The summed E-state index contributed by atoms with van der Waals surface area (Å²) in [4.78, 5) is 2.65. The Morgan fingerprint density at radius 2 is 1.94 bits per heavy atom. The Labute approximate surface area is 106 Å². The molecule has 2 nitrogen and oxygen atoms in total. The molecule has 0 spiro atoms. The summed E-state index contributed by atoms with van der Waals surface area (Å²) in [5.74, 6) is 1.34. The second kappa shape index (κ2) is 9.32. The molecule has 0 atom stereocenters. The van der Waals surface area contributed by atoms with Crippen molar-refractivity contribution < 1.29 is 0 Å². The maximum Gasteiger partial charge on any atom is 0.00912 e. The Morgan fingerprint density at radius 1 is 1.19 bits per heavy atom. The van der Waals surface area contributed by atoms with Gasteiger partial charge in [-0.2, -0.15) is 11.8 Å². The lowest BCUT2D eigenvalue weighted by Crippen LogP contribution is -2.42. The molecule has 0 radical (unpaired) electrons. The Kier molecular flexibility index (Phi) is 8.34. The summed E-state index contributed by atoms with van der Waals surface area (Å²) in [5, 5.41) is 3.56. The maximum absolute atomic E-state index is 3.56. The standard InChI is InChI=1S/C13H28N2S/c1-3-14-13-7-10-15(11-8-13)9-5-4-6-12-16-2/h13-14H,3-12H2,1-2H3. The minimum Gasteiger partial charge on any atom is -0.314 e. The van der Waals surface area contributed by atoms with Crippen molar-refractivity contribution in [2.24, 2.45) is 0 Å². The van der Waals surface area contributed by atoms with Crippen molar-refractivity contribution in [2.75, 3.05) is 38.2 Å². The van der Waals surface area contributed by atoms with Gasteiger partial charge in [0.05, 0.1) is 0 Å². The predicted octanol–water partition coefficient (Wildman–Crippen LogP) is 2.59. The number of nitrogens with zero attached hydrogens (tertiary/aromatic N) is 1. The van der Waals surface area contributed by atoms with Gasteiger partial charge in [-0.3, -0.25) is 0 Å². The van der Waals surface area contributed by atoms with Crippen molar-refractivity contribution in [1.29, 1.82) is 0 Å². The van der Waals surface area contributed by atoms with Gasteiger partial charge in [0.15, 0.2) is 0 Å². The minimum atomic E-state index is 0.790. The summed E-state index contributed by atoms with van der Waals surface area (Å²) in [7, 11) is 0. The molecule has 0 aromatic rings. The van der Waals surface area contributed by atoms with Gasteiger partial charge in [-0.15, -0.1) is 0 Å². The lowest BCUT2D eigenvalue weighted by Gasteiger charge is -2.32. The molecular formula is C13H28N2S. The highest BCUT2D eigenvalue weighted by Crippen LogP contribution is 2.11. The molecule has 1 aliphatic heterocycles. The van der Waals surface area contributed by atoms with E-state index in [0.717, 1.165) is 12.6 Å². The molecule has 1 rings (SSSR count). The largest absolute Gasteiger partial charge is 0.314 e. The number of hydrogen-bond donors (Lipinski definition) is 1. The summed E-state index contributed by atoms with van der Waals surface area (Å²) >= 11 is 1.97. The number of piperidine rings is 1. The first-order chi connectivity index (χ1) is 7.86. The topological polar surface area (TPSA) is 15.3 Å². The van der Waals surface area contributed by atoms with Crippen LogP contribution in [-0.2, 0) is 0 Å². The van der Waals surface area contributed by atoms with Crippen molar-refractivity contribution >= 4 is 11.8 Å². The van der Waals surface area contributed by atoms with Crippen LogP contribution in [0.3, 0.4) is 0 Å². The highest BCUT2D eigenvalue weighted by Gasteiger charge is 2.17. The van der Waals surface area contributed by atoms with Crippen molar-refractivity contribution in [3.8, 4) is 0 Å². The minimum absolute atomic E-state index is 0.790. The van der Waals surface area contributed by atoms with Crippen LogP contribution in [0.5, 0.6) is 0 Å². The fourth-order valence-electron chi connectivity index (χ4n) is 2.41. The smallest absolute Gasteiger partial charge is 0.00912 e. The lowest BCUT2D eigenvalue weighted by molar-refractivity contribution is 0.196. The summed E-state index contributed by atoms with van der Waals surface area (Å²) in [6.07, 6.45) is 9.10. The van der Waals surface area contributed by atoms with Crippen LogP contribution in [0.4, 0.5) is 0 Å². The number of thioether (sulfide) groups is 1. The van der Waals surface area contributed by atoms with E-state index in [-0.39, 0.29) is 0 Å². The first-order valence-electron chi connectivity index (χ1n) is 6.81. The SMILES string of the molecule is CCNC1CCN(CCCCCSC)CC1. The number of hydrogen-bond acceptors (Lipinski definition) is 3. The van der Waals surface area contributed by atoms with Gasteiger partial charge in [-0.25, -0.2) is 0 Å². The molecule has 1 N–H and O–H groups in total. The molecule has 0 aromatic carbocycles. The van der Waals surface area contributed by atoms with E-state index < -0.39 is 0 Å². The van der Waals surface area contributed by atoms with Crippen LogP contribution in [0.25, 0.3) is 0 Å². The number of nitrogens with one attached hydrogen (secondary N) is 1. The molecule has 0 aromatic heterocycles. The van der Waals surface area contributed by atoms with Crippen molar-refractivity contribution in [3.63, 3.8) is 0 Å². The molecule has 0 bridgehead atoms. The third-order valence-corrected chi connectivity index (χ3v) is 4.10. The maximum atomic E-state index is 3.56. The first-order valence-corrected chi connectivity index (χ1v) is 8.21. The van der Waals surface area contributed by atoms with Gasteiger partial charge in [-0.05, 0) is 63.9 Å². The Hall–Kier alpha value is 0.270. The van der Waals surface area contributed by atoms with Gasteiger partial charge in [0, 0.05) is 6.04 Å². The molecule has 0 saturated carbocycles. The fourth-order valence-corrected chi connectivity index (χ4v) is 2.90. The zero-order valence-electron chi connectivity index (χ0n) is 11.0. The summed E-state index contributed by atoms with van der Waals surface area (Å²) < 4.78 is 0. The van der Waals surface area contributed by atoms with E-state index in [1.807, 2.05) is 11.8 Å². The monoisotopic (exact) mass is 244 g/mol. The van der Waals surface area contributed by atoms with E-state index in [2.05, 4.69) is 23.4 Å². The second-order valence-corrected chi connectivity index (χ2v) is 5.71. The molecule has 0 aliphatic carbocycles. The predicted molar refractivity (Wildman–Crippen MR) is 75.4 cm³/mol. The summed E-state index contributed by atoms with van der Waals surface area (Å²) in [5.41, 5.74) is 0. The molecule has 1 fully saturated rings. The molecule has 1 aliphatic rings. The van der Waals surface area contributed by atoms with Crippen LogP contribution < -0.4 is 5.32 Å². The third kappa shape index (κ3) is 6.12. The van der Waals surface area contributed by atoms with Gasteiger partial charge < -0.3 is 10.2 Å². The lowest BCUT2D eigenvalue weighted by atomic mass is 10.0. The number of likely N-dealkylation sites (tertiary alicyclic amines) is 1. The molecule has 0 unspecified atom stereocenters. The first kappa shape index (κ1) is 14.3. The van der Waals surface area contributed by atoms with Gasteiger partial charge in [0.1, 0.15) is 0 Å². The van der Waals surface area contributed by atoms with Gasteiger partial charge in [0.2, 0.25) is 0 Å². The van der Waals surface area contributed by atoms with E-state index in [4.69, 9.17) is 0 Å². The van der Waals surface area contributed by atoms with E-state index in [9.17, 15) is 0 Å². The molecule has 3 heteroatoms.